The highest BCUT2D eigenvalue weighted by molar-refractivity contribution is 7.88. The summed E-state index contributed by atoms with van der Waals surface area (Å²) in [5.74, 6) is 1.21. The molecule has 1 aromatic carbocycles. The minimum absolute atomic E-state index is 0.0158. The molecule has 1 aliphatic rings. The molecule has 9 nitrogen and oxygen atoms in total. The normalized spacial score (nSPS) is 13.7. The number of alkyl halides is 2. The van der Waals surface area contributed by atoms with Gasteiger partial charge < -0.3 is 24.8 Å². The van der Waals surface area contributed by atoms with Gasteiger partial charge in [0.2, 0.25) is 16.8 Å². The highest BCUT2D eigenvalue weighted by atomic mass is 32.2. The van der Waals surface area contributed by atoms with Crippen molar-refractivity contribution >= 4 is 16.0 Å². The molecule has 0 radical (unpaired) electrons. The summed E-state index contributed by atoms with van der Waals surface area (Å²) in [6.45, 7) is 0.341. The number of halogens is 2. The van der Waals surface area contributed by atoms with Crippen molar-refractivity contribution in [3.05, 3.63) is 17.7 Å². The van der Waals surface area contributed by atoms with Crippen molar-refractivity contribution in [3.8, 4) is 17.2 Å². The van der Waals surface area contributed by atoms with Crippen LogP contribution in [0.3, 0.4) is 0 Å². The molecule has 1 aromatic rings. The van der Waals surface area contributed by atoms with Gasteiger partial charge in [0, 0.05) is 31.3 Å². The lowest BCUT2D eigenvalue weighted by Gasteiger charge is -2.13. The number of aliphatic imine (C=N–C) groups is 1. The van der Waals surface area contributed by atoms with Crippen molar-refractivity contribution in [2.75, 3.05) is 32.7 Å². The first-order valence-corrected chi connectivity index (χ1v) is 10.5. The Kier molecular flexibility index (Phi) is 8.05. The Morgan fingerprint density at radius 1 is 1.25 bits per heavy atom. The van der Waals surface area contributed by atoms with Crippen molar-refractivity contribution in [2.45, 2.75) is 26.5 Å². The van der Waals surface area contributed by atoms with Gasteiger partial charge >= 0.3 is 6.61 Å². The number of sulfonamides is 1. The molecule has 0 spiro atoms. The molecular weight excluding hydrogens is 398 g/mol. The third-order valence-electron chi connectivity index (χ3n) is 3.53. The zero-order chi connectivity index (χ0) is 20.6. The largest absolute Gasteiger partial charge is 0.454 e. The predicted molar refractivity (Wildman–Crippen MR) is 99.5 cm³/mol. The van der Waals surface area contributed by atoms with E-state index in [2.05, 4.69) is 25.1 Å². The second-order valence-electron chi connectivity index (χ2n) is 5.83. The first-order valence-electron chi connectivity index (χ1n) is 8.62. The van der Waals surface area contributed by atoms with Gasteiger partial charge in [-0.3, -0.25) is 0 Å². The van der Waals surface area contributed by atoms with E-state index < -0.39 is 16.6 Å². The molecule has 0 aromatic heterocycles. The Hall–Kier alpha value is -2.34. The van der Waals surface area contributed by atoms with Crippen LogP contribution in [0.2, 0.25) is 0 Å². The molecule has 3 N–H and O–H groups in total. The number of guanidine groups is 1. The third-order valence-corrected chi connectivity index (χ3v) is 4.26. The molecule has 12 heteroatoms. The van der Waals surface area contributed by atoms with Crippen LogP contribution in [0.4, 0.5) is 8.78 Å². The standard InChI is InChI=1S/C16H24F2N4O5S/c1-3-19-16(20-5-4-6-22-28(2,23)24)21-9-11-7-13-14(26-10-25-13)8-12(11)27-15(17)18/h7-8,15,22H,3-6,9-10H2,1-2H3,(H2,19,20,21). The maximum Gasteiger partial charge on any atom is 0.387 e. The highest BCUT2D eigenvalue weighted by Crippen LogP contribution is 2.38. The minimum atomic E-state index is -3.22. The van der Waals surface area contributed by atoms with Gasteiger partial charge in [-0.2, -0.15) is 8.78 Å². The van der Waals surface area contributed by atoms with E-state index >= 15 is 0 Å². The van der Waals surface area contributed by atoms with Crippen LogP contribution < -0.4 is 29.6 Å². The number of benzene rings is 1. The van der Waals surface area contributed by atoms with Gasteiger partial charge in [0.05, 0.1) is 12.8 Å². The zero-order valence-electron chi connectivity index (χ0n) is 15.6. The van der Waals surface area contributed by atoms with Crippen molar-refractivity contribution in [2.24, 2.45) is 4.99 Å². The maximum atomic E-state index is 12.7. The topological polar surface area (TPSA) is 110 Å². The van der Waals surface area contributed by atoms with E-state index in [1.165, 1.54) is 6.07 Å². The van der Waals surface area contributed by atoms with E-state index in [1.807, 2.05) is 6.92 Å². The molecule has 2 rings (SSSR count). The van der Waals surface area contributed by atoms with Gasteiger partial charge in [0.15, 0.2) is 17.5 Å². The molecular formula is C16H24F2N4O5S. The molecule has 0 unspecified atom stereocenters. The molecule has 1 aliphatic heterocycles. The number of rotatable bonds is 10. The molecule has 0 saturated carbocycles. The van der Waals surface area contributed by atoms with Gasteiger partial charge in [0.25, 0.3) is 0 Å². The Balaban J connectivity index is 2.01. The van der Waals surface area contributed by atoms with Gasteiger partial charge in [-0.25, -0.2) is 18.1 Å². The van der Waals surface area contributed by atoms with Crippen LogP contribution >= 0.6 is 0 Å². The smallest absolute Gasteiger partial charge is 0.387 e. The summed E-state index contributed by atoms with van der Waals surface area (Å²) >= 11 is 0. The van der Waals surface area contributed by atoms with Crippen LogP contribution in [0.1, 0.15) is 18.9 Å². The van der Waals surface area contributed by atoms with Gasteiger partial charge in [0.1, 0.15) is 5.75 Å². The lowest BCUT2D eigenvalue weighted by atomic mass is 10.1. The SMILES string of the molecule is CCNC(=NCc1cc2c(cc1OC(F)F)OCO2)NCCCNS(C)(=O)=O. The Morgan fingerprint density at radius 3 is 2.61 bits per heavy atom. The average Bonchev–Trinajstić information content (AvgIpc) is 3.04. The monoisotopic (exact) mass is 422 g/mol. The summed E-state index contributed by atoms with van der Waals surface area (Å²) < 4.78 is 64.8. The van der Waals surface area contributed by atoms with Crippen LogP contribution in [0.5, 0.6) is 17.2 Å². The van der Waals surface area contributed by atoms with Gasteiger partial charge in [-0.15, -0.1) is 0 Å². The van der Waals surface area contributed by atoms with Crippen LogP contribution in [0.25, 0.3) is 0 Å². The second-order valence-corrected chi connectivity index (χ2v) is 7.67. The molecule has 0 atom stereocenters. The Bertz CT molecular complexity index is 789. The minimum Gasteiger partial charge on any atom is -0.454 e. The first kappa shape index (κ1) is 22.0. The predicted octanol–water partition coefficient (Wildman–Crippen LogP) is 1.01. The quantitative estimate of drug-likeness (QED) is 0.293. The molecule has 0 amide bonds. The van der Waals surface area contributed by atoms with Crippen LogP contribution in [-0.4, -0.2) is 53.7 Å². The summed E-state index contributed by atoms with van der Waals surface area (Å²) in [4.78, 5) is 4.36. The fourth-order valence-corrected chi connectivity index (χ4v) is 2.87. The number of nitrogens with one attached hydrogen (secondary N) is 3. The fourth-order valence-electron chi connectivity index (χ4n) is 2.35. The zero-order valence-corrected chi connectivity index (χ0v) is 16.4. The lowest BCUT2D eigenvalue weighted by molar-refractivity contribution is -0.0505. The van der Waals surface area contributed by atoms with E-state index in [1.54, 1.807) is 6.07 Å². The maximum absolute atomic E-state index is 12.7. The van der Waals surface area contributed by atoms with Gasteiger partial charge in [-0.1, -0.05) is 0 Å². The third kappa shape index (κ3) is 7.35. The molecule has 0 aliphatic carbocycles. The molecule has 28 heavy (non-hydrogen) atoms. The first-order chi connectivity index (χ1) is 13.3. The van der Waals surface area contributed by atoms with Crippen molar-refractivity contribution < 1.29 is 31.4 Å². The highest BCUT2D eigenvalue weighted by Gasteiger charge is 2.20. The summed E-state index contributed by atoms with van der Waals surface area (Å²) in [5.41, 5.74) is 0.417. The summed E-state index contributed by atoms with van der Waals surface area (Å²) in [5, 5.41) is 6.08. The second kappa shape index (κ2) is 10.3. The van der Waals surface area contributed by atoms with E-state index in [0.717, 1.165) is 6.26 Å². The molecule has 0 saturated heterocycles. The van der Waals surface area contributed by atoms with Crippen molar-refractivity contribution in [1.29, 1.82) is 0 Å². The summed E-state index contributed by atoms with van der Waals surface area (Å²) in [6.07, 6.45) is 1.64. The Morgan fingerprint density at radius 2 is 1.96 bits per heavy atom. The lowest BCUT2D eigenvalue weighted by Crippen LogP contribution is -2.38. The molecule has 158 valence electrons. The van der Waals surface area contributed by atoms with Crippen molar-refractivity contribution in [3.63, 3.8) is 0 Å². The summed E-state index contributed by atoms with van der Waals surface area (Å²) in [7, 11) is -3.22. The summed E-state index contributed by atoms with van der Waals surface area (Å²) in [6, 6.07) is 2.92. The number of nitrogens with zero attached hydrogens (tertiary/aromatic N) is 1. The van der Waals surface area contributed by atoms with E-state index in [-0.39, 0.29) is 19.1 Å². The van der Waals surface area contributed by atoms with Crippen molar-refractivity contribution in [1.82, 2.24) is 15.4 Å². The molecule has 0 bridgehead atoms. The van der Waals surface area contributed by atoms with E-state index in [4.69, 9.17) is 9.47 Å². The molecule has 1 heterocycles. The van der Waals surface area contributed by atoms with Crippen LogP contribution in [0, 0.1) is 0 Å². The van der Waals surface area contributed by atoms with Crippen LogP contribution in [-0.2, 0) is 16.6 Å². The molecule has 0 fully saturated rings. The number of hydrogen-bond donors (Lipinski definition) is 3. The number of fused-ring (bicyclic) bond motifs is 1. The van der Waals surface area contributed by atoms with E-state index in [0.29, 0.717) is 49.1 Å². The van der Waals surface area contributed by atoms with E-state index in [9.17, 15) is 17.2 Å². The fraction of sp³-hybridized carbons (Fsp3) is 0.562. The number of ether oxygens (including phenoxy) is 3. The number of hydrogen-bond acceptors (Lipinski definition) is 6. The van der Waals surface area contributed by atoms with Crippen LogP contribution in [0.15, 0.2) is 17.1 Å². The van der Waals surface area contributed by atoms with Gasteiger partial charge in [-0.05, 0) is 19.4 Å². The average molecular weight is 422 g/mol. The Labute approximate surface area is 162 Å².